The fourth-order valence-electron chi connectivity index (χ4n) is 1.17. The lowest BCUT2D eigenvalue weighted by atomic mass is 10.3. The summed E-state index contributed by atoms with van der Waals surface area (Å²) in [4.78, 5) is 12.4. The molecule has 0 saturated carbocycles. The smallest absolute Gasteiger partial charge is 0.308 e. The molecule has 0 fully saturated rings. The van der Waals surface area contributed by atoms with Gasteiger partial charge in [-0.2, -0.15) is 0 Å². The van der Waals surface area contributed by atoms with Crippen LogP contribution in [0.5, 0.6) is 0 Å². The molecule has 84 valence electrons. The van der Waals surface area contributed by atoms with E-state index < -0.39 is 5.97 Å². The highest BCUT2D eigenvalue weighted by Crippen LogP contribution is 2.19. The monoisotopic (exact) mass is 255 g/mol. The molecule has 2 aromatic rings. The number of carbonyl (C=O) groups is 1. The van der Waals surface area contributed by atoms with Crippen LogP contribution >= 0.6 is 22.7 Å². The van der Waals surface area contributed by atoms with Crippen molar-refractivity contribution >= 4 is 33.8 Å². The number of carboxylic acid groups (broad SMARTS) is 1. The minimum absolute atomic E-state index is 0.0868. The molecule has 2 aromatic heterocycles. The summed E-state index contributed by atoms with van der Waals surface area (Å²) in [5.41, 5.74) is 1.66. The van der Waals surface area contributed by atoms with Crippen molar-refractivity contribution in [1.29, 1.82) is 0 Å². The largest absolute Gasteiger partial charge is 0.481 e. The van der Waals surface area contributed by atoms with E-state index in [0.29, 0.717) is 6.54 Å². The lowest BCUT2D eigenvalue weighted by Gasteiger charge is -1.97. The highest BCUT2D eigenvalue weighted by atomic mass is 32.1. The molecule has 2 heterocycles. The van der Waals surface area contributed by atoms with Gasteiger partial charge >= 0.3 is 5.97 Å². The molecule has 0 spiro atoms. The number of hydrogen-bond donors (Lipinski definition) is 2. The van der Waals surface area contributed by atoms with Gasteiger partial charge in [-0.3, -0.25) is 4.79 Å². The molecule has 0 aliphatic heterocycles. The number of rotatable bonds is 5. The van der Waals surface area contributed by atoms with E-state index >= 15 is 0 Å². The average molecular weight is 255 g/mol. The van der Waals surface area contributed by atoms with E-state index in [9.17, 15) is 4.79 Å². The van der Waals surface area contributed by atoms with Crippen molar-refractivity contribution in [2.24, 2.45) is 0 Å². The van der Waals surface area contributed by atoms with Gasteiger partial charge in [0.2, 0.25) is 5.13 Å². The van der Waals surface area contributed by atoms with Gasteiger partial charge in [0.1, 0.15) is 5.51 Å². The van der Waals surface area contributed by atoms with Crippen LogP contribution in [-0.4, -0.2) is 21.3 Å². The van der Waals surface area contributed by atoms with Crippen LogP contribution in [0.15, 0.2) is 17.6 Å². The van der Waals surface area contributed by atoms with E-state index in [2.05, 4.69) is 15.5 Å². The first-order valence-electron chi connectivity index (χ1n) is 4.53. The number of anilines is 1. The van der Waals surface area contributed by atoms with Crippen LogP contribution in [-0.2, 0) is 17.8 Å². The third-order valence-corrected chi connectivity index (χ3v) is 3.55. The zero-order valence-electron chi connectivity index (χ0n) is 8.21. The van der Waals surface area contributed by atoms with Gasteiger partial charge in [-0.25, -0.2) is 0 Å². The second-order valence-corrected chi connectivity index (χ2v) is 5.12. The lowest BCUT2D eigenvalue weighted by Crippen LogP contribution is -1.97. The van der Waals surface area contributed by atoms with Crippen LogP contribution < -0.4 is 5.32 Å². The summed E-state index contributed by atoms with van der Waals surface area (Å²) in [6, 6.07) is 3.77. The van der Waals surface area contributed by atoms with Crippen LogP contribution in [0.25, 0.3) is 0 Å². The second kappa shape index (κ2) is 5.04. The molecule has 0 atom stereocenters. The molecule has 0 aliphatic rings. The Balaban J connectivity index is 1.90. The third kappa shape index (κ3) is 3.01. The van der Waals surface area contributed by atoms with Gasteiger partial charge in [0.15, 0.2) is 0 Å². The summed E-state index contributed by atoms with van der Waals surface area (Å²) in [6.45, 7) is 0.652. The molecule has 2 rings (SSSR count). The zero-order valence-corrected chi connectivity index (χ0v) is 9.85. The number of hydrogen-bond acceptors (Lipinski definition) is 6. The highest BCUT2D eigenvalue weighted by Gasteiger charge is 2.04. The van der Waals surface area contributed by atoms with Crippen LogP contribution in [0.4, 0.5) is 5.13 Å². The summed E-state index contributed by atoms with van der Waals surface area (Å²) in [5, 5.41) is 20.1. The summed E-state index contributed by atoms with van der Waals surface area (Å²) in [5.74, 6) is -0.800. The molecule has 0 aromatic carbocycles. The molecule has 5 nitrogen and oxygen atoms in total. The van der Waals surface area contributed by atoms with Crippen LogP contribution in [0, 0.1) is 0 Å². The Hall–Kier alpha value is -1.47. The van der Waals surface area contributed by atoms with Crippen molar-refractivity contribution in [3.8, 4) is 0 Å². The molecule has 0 radical (unpaired) electrons. The quantitative estimate of drug-likeness (QED) is 0.852. The molecule has 16 heavy (non-hydrogen) atoms. The Labute approximate surface area is 99.8 Å². The fourth-order valence-corrected chi connectivity index (χ4v) is 2.57. The average Bonchev–Trinajstić information content (AvgIpc) is 2.84. The number of aromatic nitrogens is 2. The minimum Gasteiger partial charge on any atom is -0.481 e. The number of aliphatic carboxylic acids is 1. The van der Waals surface area contributed by atoms with Crippen molar-refractivity contribution in [2.75, 3.05) is 5.32 Å². The van der Waals surface area contributed by atoms with Crippen LogP contribution in [0.3, 0.4) is 0 Å². The van der Waals surface area contributed by atoms with Gasteiger partial charge in [-0.05, 0) is 12.1 Å². The van der Waals surface area contributed by atoms with Gasteiger partial charge in [0.05, 0.1) is 13.0 Å². The summed E-state index contributed by atoms with van der Waals surface area (Å²) >= 11 is 2.93. The van der Waals surface area contributed by atoms with E-state index in [1.165, 1.54) is 22.7 Å². The fraction of sp³-hybridized carbons (Fsp3) is 0.222. The SMILES string of the molecule is O=C(O)Cc1ccc(CNc2nncs2)s1. The number of nitrogens with one attached hydrogen (secondary N) is 1. The van der Waals surface area contributed by atoms with Crippen LogP contribution in [0.1, 0.15) is 9.75 Å². The Bertz CT molecular complexity index is 467. The standard InChI is InChI=1S/C9H9N3O2S2/c13-8(14)3-6-1-2-7(16-6)4-10-9-12-11-5-15-9/h1-2,5H,3-4H2,(H,10,12)(H,13,14). The Morgan fingerprint density at radius 1 is 1.44 bits per heavy atom. The molecule has 0 bridgehead atoms. The molecule has 0 amide bonds. The first-order chi connectivity index (χ1) is 7.74. The number of carboxylic acids is 1. The van der Waals surface area contributed by atoms with Crippen LogP contribution in [0.2, 0.25) is 0 Å². The van der Waals surface area contributed by atoms with Gasteiger partial charge < -0.3 is 10.4 Å². The van der Waals surface area contributed by atoms with E-state index in [4.69, 9.17) is 5.11 Å². The molecule has 0 unspecified atom stereocenters. The summed E-state index contributed by atoms with van der Waals surface area (Å²) in [7, 11) is 0. The Morgan fingerprint density at radius 2 is 2.25 bits per heavy atom. The first kappa shape index (κ1) is 11.0. The maximum Gasteiger partial charge on any atom is 0.308 e. The third-order valence-electron chi connectivity index (χ3n) is 1.82. The van der Waals surface area contributed by atoms with E-state index in [0.717, 1.165) is 14.9 Å². The predicted molar refractivity (Wildman–Crippen MR) is 62.9 cm³/mol. The lowest BCUT2D eigenvalue weighted by molar-refractivity contribution is -0.136. The molecular formula is C9H9N3O2S2. The van der Waals surface area contributed by atoms with Gasteiger partial charge in [0, 0.05) is 9.75 Å². The second-order valence-electron chi connectivity index (χ2n) is 3.04. The Kier molecular flexibility index (Phi) is 3.47. The number of thiophene rings is 1. The van der Waals surface area contributed by atoms with Gasteiger partial charge in [-0.1, -0.05) is 11.3 Å². The van der Waals surface area contributed by atoms with E-state index in [1.807, 2.05) is 12.1 Å². The Morgan fingerprint density at radius 3 is 2.94 bits per heavy atom. The summed E-state index contributed by atoms with van der Waals surface area (Å²) in [6.07, 6.45) is 0.0868. The topological polar surface area (TPSA) is 75.1 Å². The van der Waals surface area contributed by atoms with Crippen molar-refractivity contribution in [3.05, 3.63) is 27.4 Å². The van der Waals surface area contributed by atoms with E-state index in [-0.39, 0.29) is 6.42 Å². The summed E-state index contributed by atoms with van der Waals surface area (Å²) < 4.78 is 0. The van der Waals surface area contributed by atoms with Crippen molar-refractivity contribution < 1.29 is 9.90 Å². The van der Waals surface area contributed by atoms with Crippen molar-refractivity contribution in [1.82, 2.24) is 10.2 Å². The number of nitrogens with zero attached hydrogens (tertiary/aromatic N) is 2. The molecule has 7 heteroatoms. The zero-order chi connectivity index (χ0) is 11.4. The van der Waals surface area contributed by atoms with Gasteiger partial charge in [0.25, 0.3) is 0 Å². The maximum absolute atomic E-state index is 10.5. The molecular weight excluding hydrogens is 246 g/mol. The predicted octanol–water partition coefficient (Wildman–Crippen LogP) is 1.84. The minimum atomic E-state index is -0.800. The van der Waals surface area contributed by atoms with Crippen molar-refractivity contribution in [3.63, 3.8) is 0 Å². The van der Waals surface area contributed by atoms with E-state index in [1.54, 1.807) is 5.51 Å². The van der Waals surface area contributed by atoms with Crippen molar-refractivity contribution in [2.45, 2.75) is 13.0 Å². The molecule has 2 N–H and O–H groups in total. The molecule has 0 saturated heterocycles. The maximum atomic E-state index is 10.5. The van der Waals surface area contributed by atoms with Gasteiger partial charge in [-0.15, -0.1) is 21.5 Å². The first-order valence-corrected chi connectivity index (χ1v) is 6.23. The molecule has 0 aliphatic carbocycles. The normalized spacial score (nSPS) is 10.2. The highest BCUT2D eigenvalue weighted by molar-refractivity contribution is 7.13.